The third kappa shape index (κ3) is 2.98. The van der Waals surface area contributed by atoms with Gasteiger partial charge in [0.2, 0.25) is 0 Å². The summed E-state index contributed by atoms with van der Waals surface area (Å²) in [6, 6.07) is 1.36. The van der Waals surface area contributed by atoms with Crippen LogP contribution in [0.2, 0.25) is 0 Å². The van der Waals surface area contributed by atoms with Gasteiger partial charge < -0.3 is 25.4 Å². The van der Waals surface area contributed by atoms with E-state index in [2.05, 4.69) is 10.3 Å². The Morgan fingerprint density at radius 2 is 2.23 bits per heavy atom. The zero-order chi connectivity index (χ0) is 16.5. The van der Waals surface area contributed by atoms with Crippen molar-refractivity contribution in [3.63, 3.8) is 0 Å². The average molecular weight is 317 g/mol. The predicted molar refractivity (Wildman–Crippen MR) is 74.9 cm³/mol. The summed E-state index contributed by atoms with van der Waals surface area (Å²) in [4.78, 5) is 15.6. The van der Waals surface area contributed by atoms with Gasteiger partial charge in [-0.2, -0.15) is 9.37 Å². The van der Waals surface area contributed by atoms with E-state index in [4.69, 9.17) is 9.84 Å². The van der Waals surface area contributed by atoms with Gasteiger partial charge in [0, 0.05) is 12.7 Å². The third-order valence-electron chi connectivity index (χ3n) is 3.39. The molecule has 22 heavy (non-hydrogen) atoms. The third-order valence-corrected chi connectivity index (χ3v) is 3.39. The summed E-state index contributed by atoms with van der Waals surface area (Å²) in [5.41, 5.74) is -0.985. The maximum absolute atomic E-state index is 14.8. The maximum Gasteiger partial charge on any atom is 0.354 e. The largest absolute Gasteiger partial charge is 0.394 e. The van der Waals surface area contributed by atoms with Crippen LogP contribution >= 0.6 is 0 Å². The number of alkyl halides is 1. The Morgan fingerprint density at radius 3 is 2.73 bits per heavy atom. The Kier molecular flexibility index (Phi) is 4.81. The lowest BCUT2D eigenvalue weighted by Crippen LogP contribution is -2.47. The summed E-state index contributed by atoms with van der Waals surface area (Å²) in [6.07, 6.45) is -3.92. The molecule has 1 saturated heterocycles. The Morgan fingerprint density at radius 1 is 1.55 bits per heavy atom. The van der Waals surface area contributed by atoms with Crippen LogP contribution in [0, 0.1) is 5.92 Å². The molecule has 0 saturated carbocycles. The van der Waals surface area contributed by atoms with Crippen LogP contribution in [0.15, 0.2) is 17.1 Å². The first kappa shape index (κ1) is 16.8. The van der Waals surface area contributed by atoms with Crippen LogP contribution in [0.3, 0.4) is 0 Å². The van der Waals surface area contributed by atoms with E-state index in [-0.39, 0.29) is 5.82 Å². The number of nitrogens with one attached hydrogen (secondary N) is 1. The van der Waals surface area contributed by atoms with Crippen LogP contribution in [-0.4, -0.2) is 56.3 Å². The second kappa shape index (κ2) is 6.29. The molecule has 2 rings (SSSR count). The van der Waals surface area contributed by atoms with Crippen LogP contribution in [0.1, 0.15) is 13.8 Å². The zero-order valence-corrected chi connectivity index (χ0v) is 12.3. The molecule has 0 aliphatic carbocycles. The summed E-state index contributed by atoms with van der Waals surface area (Å²) in [7, 11) is 0. The number of halogens is 1. The van der Waals surface area contributed by atoms with Gasteiger partial charge in [-0.3, -0.25) is 0 Å². The SMILES string of the molecule is CC(C)CNc1ccn([C@]2(F)O[C@H](CO)[C@@H](O)[C@H]2O)c(=O)n1. The normalized spacial score (nSPS) is 31.7. The topological polar surface area (TPSA) is 117 Å². The lowest BCUT2D eigenvalue weighted by atomic mass is 10.1. The summed E-state index contributed by atoms with van der Waals surface area (Å²) < 4.78 is 20.1. The molecule has 0 bridgehead atoms. The number of rotatable bonds is 5. The van der Waals surface area contributed by atoms with Crippen molar-refractivity contribution in [1.82, 2.24) is 9.55 Å². The van der Waals surface area contributed by atoms with Gasteiger partial charge in [-0.1, -0.05) is 13.8 Å². The van der Waals surface area contributed by atoms with Crippen LogP contribution in [0.4, 0.5) is 10.2 Å². The number of aliphatic hydroxyl groups is 3. The van der Waals surface area contributed by atoms with Gasteiger partial charge in [0.15, 0.2) is 6.10 Å². The van der Waals surface area contributed by atoms with Crippen molar-refractivity contribution in [1.29, 1.82) is 0 Å². The van der Waals surface area contributed by atoms with Gasteiger partial charge >= 0.3 is 11.7 Å². The highest BCUT2D eigenvalue weighted by atomic mass is 19.2. The molecule has 1 fully saturated rings. The molecule has 4 N–H and O–H groups in total. The minimum atomic E-state index is -2.98. The van der Waals surface area contributed by atoms with Crippen LogP contribution in [0.5, 0.6) is 0 Å². The molecule has 2 heterocycles. The lowest BCUT2D eigenvalue weighted by Gasteiger charge is -2.24. The van der Waals surface area contributed by atoms with Crippen molar-refractivity contribution >= 4 is 5.82 Å². The molecule has 1 aromatic heterocycles. The number of hydrogen-bond donors (Lipinski definition) is 4. The molecule has 1 aliphatic rings. The monoisotopic (exact) mass is 317 g/mol. The molecule has 124 valence electrons. The molecule has 0 spiro atoms. The highest BCUT2D eigenvalue weighted by Gasteiger charge is 2.57. The quantitative estimate of drug-likeness (QED) is 0.550. The summed E-state index contributed by atoms with van der Waals surface area (Å²) in [5.74, 6) is -2.38. The summed E-state index contributed by atoms with van der Waals surface area (Å²) in [5, 5.41) is 31.3. The summed E-state index contributed by atoms with van der Waals surface area (Å²) >= 11 is 0. The van der Waals surface area contributed by atoms with Gasteiger partial charge in [-0.15, -0.1) is 0 Å². The van der Waals surface area contributed by atoms with E-state index in [9.17, 15) is 19.4 Å². The van der Waals surface area contributed by atoms with Gasteiger partial charge in [-0.25, -0.2) is 9.36 Å². The Balaban J connectivity index is 2.27. The Bertz CT molecular complexity index is 581. The van der Waals surface area contributed by atoms with Crippen molar-refractivity contribution < 1.29 is 24.4 Å². The number of nitrogens with zero attached hydrogens (tertiary/aromatic N) is 2. The summed E-state index contributed by atoms with van der Waals surface area (Å²) in [6.45, 7) is 3.84. The van der Waals surface area contributed by atoms with E-state index in [1.54, 1.807) is 0 Å². The first-order valence-corrected chi connectivity index (χ1v) is 6.97. The molecule has 8 nitrogen and oxygen atoms in total. The maximum atomic E-state index is 14.8. The minimum Gasteiger partial charge on any atom is -0.394 e. The Hall–Kier alpha value is -1.55. The highest BCUT2D eigenvalue weighted by Crippen LogP contribution is 2.35. The molecule has 0 unspecified atom stereocenters. The van der Waals surface area contributed by atoms with Crippen LogP contribution in [-0.2, 0) is 10.7 Å². The lowest BCUT2D eigenvalue weighted by molar-refractivity contribution is -0.239. The average Bonchev–Trinajstić information content (AvgIpc) is 2.70. The zero-order valence-electron chi connectivity index (χ0n) is 12.3. The van der Waals surface area contributed by atoms with Crippen molar-refractivity contribution in [2.45, 2.75) is 38.1 Å². The first-order chi connectivity index (χ1) is 10.3. The molecule has 0 amide bonds. The molecule has 0 aromatic carbocycles. The van der Waals surface area contributed by atoms with Gasteiger partial charge in [-0.05, 0) is 12.0 Å². The number of ether oxygens (including phenoxy) is 1. The standard InChI is InChI=1S/C13H20FN3O5/c1-7(2)5-15-9-3-4-17(12(21)16-9)13(14)11(20)10(19)8(6-18)22-13/h3-4,7-8,10-11,18-20H,5-6H2,1-2H3,(H,15,16,21)/t8-,10-,11-,13+/m1/s1. The van der Waals surface area contributed by atoms with Gasteiger partial charge in [0.25, 0.3) is 0 Å². The smallest absolute Gasteiger partial charge is 0.354 e. The molecule has 0 radical (unpaired) electrons. The van der Waals surface area contributed by atoms with Crippen molar-refractivity contribution in [3.05, 3.63) is 22.7 Å². The molecule has 1 aromatic rings. The molecular weight excluding hydrogens is 297 g/mol. The van der Waals surface area contributed by atoms with E-state index in [1.807, 2.05) is 13.8 Å². The fraction of sp³-hybridized carbons (Fsp3) is 0.692. The van der Waals surface area contributed by atoms with E-state index >= 15 is 0 Å². The predicted octanol–water partition coefficient (Wildman–Crippen LogP) is -0.996. The van der Waals surface area contributed by atoms with Crippen molar-refractivity contribution in [3.8, 4) is 0 Å². The van der Waals surface area contributed by atoms with E-state index < -0.39 is 36.6 Å². The number of hydrogen-bond acceptors (Lipinski definition) is 7. The van der Waals surface area contributed by atoms with E-state index in [0.717, 1.165) is 6.20 Å². The fourth-order valence-electron chi connectivity index (χ4n) is 2.15. The molecule has 4 atom stereocenters. The fourth-order valence-corrected chi connectivity index (χ4v) is 2.15. The van der Waals surface area contributed by atoms with Gasteiger partial charge in [0.05, 0.1) is 6.61 Å². The number of anilines is 1. The van der Waals surface area contributed by atoms with Crippen molar-refractivity contribution in [2.75, 3.05) is 18.5 Å². The van der Waals surface area contributed by atoms with Crippen LogP contribution < -0.4 is 11.0 Å². The second-order valence-corrected chi connectivity index (χ2v) is 5.62. The number of aromatic nitrogens is 2. The van der Waals surface area contributed by atoms with E-state index in [0.29, 0.717) is 17.0 Å². The number of aliphatic hydroxyl groups excluding tert-OH is 3. The van der Waals surface area contributed by atoms with Crippen molar-refractivity contribution in [2.24, 2.45) is 5.92 Å². The first-order valence-electron chi connectivity index (χ1n) is 6.97. The molecular formula is C13H20FN3O5. The highest BCUT2D eigenvalue weighted by molar-refractivity contribution is 5.31. The second-order valence-electron chi connectivity index (χ2n) is 5.62. The van der Waals surface area contributed by atoms with Crippen LogP contribution in [0.25, 0.3) is 0 Å². The molecule has 9 heteroatoms. The van der Waals surface area contributed by atoms with E-state index in [1.165, 1.54) is 6.07 Å². The van der Waals surface area contributed by atoms with Gasteiger partial charge in [0.1, 0.15) is 18.0 Å². The Labute approximate surface area is 126 Å². The molecule has 1 aliphatic heterocycles. The minimum absolute atomic E-state index is 0.269.